The maximum absolute atomic E-state index is 14.5. The van der Waals surface area contributed by atoms with Gasteiger partial charge < -0.3 is 74.6 Å². The number of phenolic OH excluding ortho intramolecular Hbond substituents is 1. The van der Waals surface area contributed by atoms with E-state index in [-0.39, 0.29) is 49.0 Å². The Morgan fingerprint density at radius 1 is 0.803 bits per heavy atom. The number of amides is 10. The van der Waals surface area contributed by atoms with Gasteiger partial charge in [-0.1, -0.05) is 67.8 Å². The number of phenols is 1. The smallest absolute Gasteiger partial charge is 0.490 e. The van der Waals surface area contributed by atoms with Crippen molar-refractivity contribution in [3.8, 4) is 5.75 Å². The largest absolute Gasteiger partial charge is 0.508 e. The second-order valence-electron chi connectivity index (χ2n) is 18.1. The number of primary amides is 2. The van der Waals surface area contributed by atoms with Crippen LogP contribution in [-0.4, -0.2) is 170 Å². The molecule has 16 N–H and O–H groups in total. The van der Waals surface area contributed by atoms with Crippen molar-refractivity contribution < 1.29 is 86.0 Å². The molecule has 3 rings (SSSR count). The number of likely N-dealkylation sites (tertiary alicyclic amines) is 1. The molecule has 1 aromatic rings. The van der Waals surface area contributed by atoms with Crippen LogP contribution < -0.4 is 54.4 Å². The minimum atomic E-state index is -5.08. The number of benzene rings is 1. The number of aliphatic carboxylic acids is 2. The SMILES string of the molecule is CCC(C)C1NC(=O)C(Cc2ccc(O)cc2)NC(=O)C(N)CSSCC(C(=O)N2CCCC2C(=O)NC(CC(C)C)C(=O)NCC(=O)O)NC(=O)C(CC(N)=O)NC(=O)C(CCC(N)=O)NC1=O.O=C(O)C(F)(F)F. The molecule has 2 saturated heterocycles. The van der Waals surface area contributed by atoms with Crippen LogP contribution in [0.1, 0.15) is 78.2 Å². The molecular weight excluding hydrogens is 1060 g/mol. The van der Waals surface area contributed by atoms with Gasteiger partial charge in [-0.15, -0.1) is 0 Å². The maximum Gasteiger partial charge on any atom is 0.490 e. The van der Waals surface area contributed by atoms with E-state index in [1.165, 1.54) is 29.2 Å². The average Bonchev–Trinajstić information content (AvgIpc) is 3.83. The topological polar surface area (TPSA) is 431 Å². The summed E-state index contributed by atoms with van der Waals surface area (Å²) >= 11 is 0. The van der Waals surface area contributed by atoms with Crippen LogP contribution in [0.3, 0.4) is 0 Å². The molecule has 9 unspecified atom stereocenters. The monoisotopic (exact) mass is 1120 g/mol. The number of carboxylic acid groups (broad SMARTS) is 2. The van der Waals surface area contributed by atoms with Crippen LogP contribution in [0.4, 0.5) is 13.2 Å². The predicted octanol–water partition coefficient (Wildman–Crippen LogP) is -2.38. The summed E-state index contributed by atoms with van der Waals surface area (Å²) < 4.78 is 31.7. The fourth-order valence-electron chi connectivity index (χ4n) is 7.33. The number of alkyl halides is 3. The molecule has 424 valence electrons. The summed E-state index contributed by atoms with van der Waals surface area (Å²) in [6, 6.07) is -5.19. The molecule has 0 aliphatic carbocycles. The van der Waals surface area contributed by atoms with E-state index in [2.05, 4.69) is 37.2 Å². The molecule has 2 fully saturated rings. The lowest BCUT2D eigenvalue weighted by Gasteiger charge is -2.31. The van der Waals surface area contributed by atoms with Gasteiger partial charge in [0.1, 0.15) is 54.6 Å². The molecule has 2 heterocycles. The maximum atomic E-state index is 14.5. The van der Waals surface area contributed by atoms with E-state index in [0.717, 1.165) is 21.6 Å². The molecule has 0 aromatic heterocycles. The summed E-state index contributed by atoms with van der Waals surface area (Å²) in [5.41, 5.74) is 17.7. The number of nitrogens with one attached hydrogen (secondary N) is 7. The highest BCUT2D eigenvalue weighted by atomic mass is 33.1. The van der Waals surface area contributed by atoms with Crippen molar-refractivity contribution in [3.63, 3.8) is 0 Å². The van der Waals surface area contributed by atoms with E-state index >= 15 is 0 Å². The first-order chi connectivity index (χ1) is 35.4. The van der Waals surface area contributed by atoms with Crippen LogP contribution in [0.2, 0.25) is 0 Å². The number of nitrogens with two attached hydrogens (primary N) is 3. The summed E-state index contributed by atoms with van der Waals surface area (Å²) in [7, 11) is 2.03. The number of carboxylic acids is 2. The van der Waals surface area contributed by atoms with E-state index in [9.17, 15) is 71.0 Å². The number of rotatable bonds is 17. The van der Waals surface area contributed by atoms with Crippen molar-refractivity contribution in [1.29, 1.82) is 0 Å². The molecule has 1 aromatic carbocycles. The summed E-state index contributed by atoms with van der Waals surface area (Å²) in [6.45, 7) is 6.31. The van der Waals surface area contributed by atoms with Crippen LogP contribution in [0.25, 0.3) is 0 Å². The number of halogens is 3. The molecule has 10 amide bonds. The number of hydrogen-bond donors (Lipinski definition) is 13. The summed E-state index contributed by atoms with van der Waals surface area (Å²) in [4.78, 5) is 157. The zero-order chi connectivity index (χ0) is 57.6. The Kier molecular flexibility index (Phi) is 26.8. The molecule has 26 nitrogen and oxygen atoms in total. The van der Waals surface area contributed by atoms with Gasteiger partial charge in [0.25, 0.3) is 0 Å². The van der Waals surface area contributed by atoms with E-state index in [4.69, 9.17) is 32.2 Å². The van der Waals surface area contributed by atoms with Crippen molar-refractivity contribution in [1.82, 2.24) is 42.1 Å². The quantitative estimate of drug-likeness (QED) is 0.0725. The van der Waals surface area contributed by atoms with E-state index in [1.54, 1.807) is 27.7 Å². The molecule has 9 atom stereocenters. The number of nitrogens with zero attached hydrogens (tertiary/aromatic N) is 1. The molecular formula is C45H66F3N11O15S2. The minimum absolute atomic E-state index is 0.0332. The highest BCUT2D eigenvalue weighted by Crippen LogP contribution is 2.26. The van der Waals surface area contributed by atoms with Gasteiger partial charge in [-0.25, -0.2) is 4.79 Å². The molecule has 0 saturated carbocycles. The molecule has 31 heteroatoms. The van der Waals surface area contributed by atoms with Gasteiger partial charge in [-0.05, 0) is 55.2 Å². The lowest BCUT2D eigenvalue weighted by molar-refractivity contribution is -0.192. The van der Waals surface area contributed by atoms with Gasteiger partial charge in [0.15, 0.2) is 0 Å². The van der Waals surface area contributed by atoms with Gasteiger partial charge in [0, 0.05) is 30.9 Å². The Morgan fingerprint density at radius 2 is 1.37 bits per heavy atom. The lowest BCUT2D eigenvalue weighted by atomic mass is 9.96. The fourth-order valence-corrected chi connectivity index (χ4v) is 9.61. The predicted molar refractivity (Wildman–Crippen MR) is 267 cm³/mol. The summed E-state index contributed by atoms with van der Waals surface area (Å²) in [5.74, 6) is -13.9. The van der Waals surface area contributed by atoms with E-state index in [1.807, 2.05) is 0 Å². The average molecular weight is 1120 g/mol. The van der Waals surface area contributed by atoms with E-state index < -0.39 is 157 Å². The first-order valence-electron chi connectivity index (χ1n) is 23.7. The Morgan fingerprint density at radius 3 is 1.92 bits per heavy atom. The highest BCUT2D eigenvalue weighted by Gasteiger charge is 2.41. The lowest BCUT2D eigenvalue weighted by Crippen LogP contribution is -2.61. The summed E-state index contributed by atoms with van der Waals surface area (Å²) in [6.07, 6.45) is -5.88. The summed E-state index contributed by atoms with van der Waals surface area (Å²) in [5, 5.41) is 43.7. The van der Waals surface area contributed by atoms with Crippen LogP contribution in [0.5, 0.6) is 5.75 Å². The Labute approximate surface area is 442 Å². The third kappa shape index (κ3) is 22.5. The highest BCUT2D eigenvalue weighted by molar-refractivity contribution is 8.76. The minimum Gasteiger partial charge on any atom is -0.508 e. The van der Waals surface area contributed by atoms with Crippen molar-refractivity contribution in [3.05, 3.63) is 29.8 Å². The normalized spacial score (nSPS) is 23.1. The van der Waals surface area contributed by atoms with Gasteiger partial charge in [-0.3, -0.25) is 52.7 Å². The third-order valence-corrected chi connectivity index (χ3v) is 14.0. The standard InChI is InChI=1S/C43H65N11O13S2.C2HF3O2/c1-5-22(4)35-42(66)48-26(12-13-32(45)56)38(62)50-29(17-33(46)57)39(63)52-30(20-69-68-19-25(44)36(60)49-28(40(64)53-35)16-23-8-10-24(55)11-9-23)43(67)54-14-6-7-31(54)41(65)51-27(15-21(2)3)37(61)47-18-34(58)59;3-2(4,5)1(6)7/h8-11,21-22,25-31,35,55H,5-7,12-20,44H2,1-4H3,(H2,45,56)(H2,46,57)(H,47,61)(H,48,66)(H,49,60)(H,50,62)(H,51,65)(H,52,63)(H,53,64)(H,58,59);(H,6,7). The molecule has 0 bridgehead atoms. The van der Waals surface area contributed by atoms with Crippen LogP contribution in [0.15, 0.2) is 24.3 Å². The van der Waals surface area contributed by atoms with Crippen LogP contribution >= 0.6 is 21.6 Å². The second kappa shape index (κ2) is 31.2. The first-order valence-corrected chi connectivity index (χ1v) is 26.2. The molecule has 2 aliphatic rings. The number of carbonyl (C=O) groups excluding carboxylic acids is 10. The Bertz CT molecular complexity index is 2270. The fraction of sp³-hybridized carbons (Fsp3) is 0.600. The van der Waals surface area contributed by atoms with Gasteiger partial charge >= 0.3 is 18.1 Å². The van der Waals surface area contributed by atoms with E-state index in [0.29, 0.717) is 18.4 Å². The van der Waals surface area contributed by atoms with Gasteiger partial charge in [-0.2, -0.15) is 13.2 Å². The van der Waals surface area contributed by atoms with Crippen molar-refractivity contribution in [2.45, 2.75) is 134 Å². The van der Waals surface area contributed by atoms with Gasteiger partial charge in [0.05, 0.1) is 12.5 Å². The zero-order valence-electron chi connectivity index (χ0n) is 41.9. The third-order valence-electron chi connectivity index (χ3n) is 11.5. The number of aromatic hydroxyl groups is 1. The molecule has 76 heavy (non-hydrogen) atoms. The van der Waals surface area contributed by atoms with Crippen molar-refractivity contribution >= 4 is 92.6 Å². The molecule has 0 spiro atoms. The second-order valence-corrected chi connectivity index (χ2v) is 20.7. The zero-order valence-corrected chi connectivity index (χ0v) is 43.6. The van der Waals surface area contributed by atoms with Crippen molar-refractivity contribution in [2.75, 3.05) is 24.6 Å². The molecule has 2 aliphatic heterocycles. The number of hydrogen-bond acceptors (Lipinski definition) is 16. The van der Waals surface area contributed by atoms with Crippen molar-refractivity contribution in [2.24, 2.45) is 29.0 Å². The number of carbonyl (C=O) groups is 12. The van der Waals surface area contributed by atoms with Gasteiger partial charge in [0.2, 0.25) is 59.1 Å². The first kappa shape index (κ1) is 65.2. The van der Waals surface area contributed by atoms with Crippen LogP contribution in [0, 0.1) is 11.8 Å². The Balaban J connectivity index is 0.00000263. The molecule has 0 radical (unpaired) electrons. The van der Waals surface area contributed by atoms with Crippen LogP contribution in [-0.2, 0) is 64.0 Å². The Hall–Kier alpha value is -6.89.